The van der Waals surface area contributed by atoms with Crippen molar-refractivity contribution in [3.05, 3.63) is 34.8 Å². The van der Waals surface area contributed by atoms with E-state index < -0.39 is 0 Å². The third-order valence-corrected chi connectivity index (χ3v) is 4.21. The highest BCUT2D eigenvalue weighted by Crippen LogP contribution is 2.33. The SMILES string of the molecule is COc1cc(C)ccc1-c1nc(CNC2CC2)cs1. The Hall–Kier alpha value is -1.39. The fourth-order valence-corrected chi connectivity index (χ4v) is 2.87. The highest BCUT2D eigenvalue weighted by molar-refractivity contribution is 7.13. The summed E-state index contributed by atoms with van der Waals surface area (Å²) in [5.41, 5.74) is 3.40. The first kappa shape index (κ1) is 12.6. The van der Waals surface area contributed by atoms with Crippen LogP contribution in [0.5, 0.6) is 5.75 Å². The van der Waals surface area contributed by atoms with Gasteiger partial charge in [0.1, 0.15) is 10.8 Å². The van der Waals surface area contributed by atoms with E-state index in [0.717, 1.165) is 34.6 Å². The van der Waals surface area contributed by atoms with Gasteiger partial charge in [0.2, 0.25) is 0 Å². The molecule has 0 bridgehead atoms. The van der Waals surface area contributed by atoms with E-state index in [2.05, 4.69) is 35.8 Å². The largest absolute Gasteiger partial charge is 0.496 e. The summed E-state index contributed by atoms with van der Waals surface area (Å²) >= 11 is 1.68. The van der Waals surface area contributed by atoms with E-state index in [9.17, 15) is 0 Å². The number of rotatable bonds is 5. The second kappa shape index (κ2) is 5.31. The number of thiazole rings is 1. The minimum Gasteiger partial charge on any atom is -0.496 e. The summed E-state index contributed by atoms with van der Waals surface area (Å²) in [6.07, 6.45) is 2.62. The standard InChI is InChI=1S/C15H18N2OS/c1-10-3-6-13(14(7-10)18-2)15-17-12(9-19-15)8-16-11-4-5-11/h3,6-7,9,11,16H,4-5,8H2,1-2H3. The van der Waals surface area contributed by atoms with Crippen molar-refractivity contribution in [1.29, 1.82) is 0 Å². The molecule has 0 aliphatic heterocycles. The Morgan fingerprint density at radius 2 is 2.26 bits per heavy atom. The van der Waals surface area contributed by atoms with Crippen LogP contribution in [-0.2, 0) is 6.54 Å². The monoisotopic (exact) mass is 274 g/mol. The molecule has 3 nitrogen and oxygen atoms in total. The molecule has 1 heterocycles. The molecule has 3 rings (SSSR count). The normalized spacial score (nSPS) is 14.6. The molecule has 1 aliphatic rings. The summed E-state index contributed by atoms with van der Waals surface area (Å²) in [4.78, 5) is 4.69. The molecule has 0 unspecified atom stereocenters. The highest BCUT2D eigenvalue weighted by Gasteiger charge is 2.20. The van der Waals surface area contributed by atoms with Crippen LogP contribution in [0.3, 0.4) is 0 Å². The van der Waals surface area contributed by atoms with E-state index >= 15 is 0 Å². The Labute approximate surface area is 117 Å². The number of nitrogens with zero attached hydrogens (tertiary/aromatic N) is 1. The smallest absolute Gasteiger partial charge is 0.129 e. The molecule has 100 valence electrons. The second-order valence-corrected chi connectivity index (χ2v) is 5.86. The van der Waals surface area contributed by atoms with Gasteiger partial charge < -0.3 is 10.1 Å². The third-order valence-electron chi connectivity index (χ3n) is 3.29. The molecule has 4 heteroatoms. The van der Waals surface area contributed by atoms with E-state index in [1.807, 2.05) is 0 Å². The van der Waals surface area contributed by atoms with E-state index in [4.69, 9.17) is 9.72 Å². The molecule has 1 aromatic carbocycles. The van der Waals surface area contributed by atoms with Crippen molar-refractivity contribution in [2.24, 2.45) is 0 Å². The zero-order valence-electron chi connectivity index (χ0n) is 11.3. The molecule has 0 saturated heterocycles. The van der Waals surface area contributed by atoms with Gasteiger partial charge in [-0.25, -0.2) is 4.98 Å². The number of aryl methyl sites for hydroxylation is 1. The van der Waals surface area contributed by atoms with Crippen LogP contribution in [0.25, 0.3) is 10.6 Å². The summed E-state index contributed by atoms with van der Waals surface area (Å²) < 4.78 is 5.45. The van der Waals surface area contributed by atoms with Gasteiger partial charge in [-0.15, -0.1) is 11.3 Å². The Bertz CT molecular complexity index is 575. The quantitative estimate of drug-likeness (QED) is 0.907. The van der Waals surface area contributed by atoms with Gasteiger partial charge in [0.15, 0.2) is 0 Å². The predicted octanol–water partition coefficient (Wildman–Crippen LogP) is 3.38. The Kier molecular flexibility index (Phi) is 3.53. The van der Waals surface area contributed by atoms with Crippen molar-refractivity contribution in [2.45, 2.75) is 32.4 Å². The van der Waals surface area contributed by atoms with Crippen molar-refractivity contribution in [3.63, 3.8) is 0 Å². The molecular formula is C15H18N2OS. The van der Waals surface area contributed by atoms with Gasteiger partial charge in [-0.2, -0.15) is 0 Å². The summed E-state index contributed by atoms with van der Waals surface area (Å²) in [5.74, 6) is 0.899. The number of hydrogen-bond donors (Lipinski definition) is 1. The number of benzene rings is 1. The maximum atomic E-state index is 5.45. The van der Waals surface area contributed by atoms with Crippen LogP contribution in [-0.4, -0.2) is 18.1 Å². The first-order valence-electron chi connectivity index (χ1n) is 6.59. The molecule has 19 heavy (non-hydrogen) atoms. The first-order valence-corrected chi connectivity index (χ1v) is 7.47. The van der Waals surface area contributed by atoms with Gasteiger partial charge >= 0.3 is 0 Å². The molecule has 0 spiro atoms. The van der Waals surface area contributed by atoms with Gasteiger partial charge in [-0.1, -0.05) is 6.07 Å². The van der Waals surface area contributed by atoms with E-state index in [0.29, 0.717) is 0 Å². The van der Waals surface area contributed by atoms with Gasteiger partial charge in [0, 0.05) is 18.0 Å². The Morgan fingerprint density at radius 3 is 3.00 bits per heavy atom. The van der Waals surface area contributed by atoms with Gasteiger partial charge in [0.25, 0.3) is 0 Å². The zero-order valence-corrected chi connectivity index (χ0v) is 12.1. The fourth-order valence-electron chi connectivity index (χ4n) is 2.02. The number of aromatic nitrogens is 1. The maximum absolute atomic E-state index is 5.45. The summed E-state index contributed by atoms with van der Waals surface area (Å²) in [7, 11) is 1.71. The number of hydrogen-bond acceptors (Lipinski definition) is 4. The van der Waals surface area contributed by atoms with Crippen molar-refractivity contribution in [3.8, 4) is 16.3 Å². The lowest BCUT2D eigenvalue weighted by atomic mass is 10.1. The molecule has 0 amide bonds. The molecule has 1 fully saturated rings. The van der Waals surface area contributed by atoms with Gasteiger partial charge in [-0.05, 0) is 37.5 Å². The van der Waals surface area contributed by atoms with E-state index in [-0.39, 0.29) is 0 Å². The Morgan fingerprint density at radius 1 is 1.42 bits per heavy atom. The van der Waals surface area contributed by atoms with Gasteiger partial charge in [-0.3, -0.25) is 0 Å². The summed E-state index contributed by atoms with van der Waals surface area (Å²) in [6.45, 7) is 2.94. The molecule has 1 aromatic heterocycles. The molecule has 0 radical (unpaired) electrons. The third kappa shape index (κ3) is 2.96. The number of ether oxygens (including phenoxy) is 1. The zero-order chi connectivity index (χ0) is 13.2. The number of methoxy groups -OCH3 is 1. The lowest BCUT2D eigenvalue weighted by Gasteiger charge is -2.06. The van der Waals surface area contributed by atoms with Crippen LogP contribution in [0.2, 0.25) is 0 Å². The van der Waals surface area contributed by atoms with Crippen molar-refractivity contribution in [2.75, 3.05) is 7.11 Å². The van der Waals surface area contributed by atoms with E-state index in [1.54, 1.807) is 18.4 Å². The van der Waals surface area contributed by atoms with Crippen LogP contribution >= 0.6 is 11.3 Å². The number of nitrogens with one attached hydrogen (secondary N) is 1. The van der Waals surface area contributed by atoms with Crippen LogP contribution in [0.1, 0.15) is 24.1 Å². The van der Waals surface area contributed by atoms with Crippen LogP contribution in [0, 0.1) is 6.92 Å². The van der Waals surface area contributed by atoms with Crippen LogP contribution in [0.15, 0.2) is 23.6 Å². The highest BCUT2D eigenvalue weighted by atomic mass is 32.1. The van der Waals surface area contributed by atoms with Crippen LogP contribution in [0.4, 0.5) is 0 Å². The molecular weight excluding hydrogens is 256 g/mol. The summed E-state index contributed by atoms with van der Waals surface area (Å²) in [5, 5.41) is 6.65. The first-order chi connectivity index (χ1) is 9.26. The predicted molar refractivity (Wildman–Crippen MR) is 78.7 cm³/mol. The minimum atomic E-state index is 0.721. The minimum absolute atomic E-state index is 0.721. The molecule has 2 aromatic rings. The fraction of sp³-hybridized carbons (Fsp3) is 0.400. The van der Waals surface area contributed by atoms with Crippen molar-refractivity contribution >= 4 is 11.3 Å². The lowest BCUT2D eigenvalue weighted by Crippen LogP contribution is -2.15. The van der Waals surface area contributed by atoms with Crippen molar-refractivity contribution < 1.29 is 4.74 Å². The van der Waals surface area contributed by atoms with Crippen LogP contribution < -0.4 is 10.1 Å². The van der Waals surface area contributed by atoms with Crippen molar-refractivity contribution in [1.82, 2.24) is 10.3 Å². The van der Waals surface area contributed by atoms with Gasteiger partial charge in [0.05, 0.1) is 18.4 Å². The topological polar surface area (TPSA) is 34.1 Å². The van der Waals surface area contributed by atoms with E-state index in [1.165, 1.54) is 18.4 Å². The molecule has 1 N–H and O–H groups in total. The summed E-state index contributed by atoms with van der Waals surface area (Å²) in [6, 6.07) is 6.96. The molecule has 1 saturated carbocycles. The second-order valence-electron chi connectivity index (χ2n) is 5.00. The lowest BCUT2D eigenvalue weighted by molar-refractivity contribution is 0.416. The maximum Gasteiger partial charge on any atom is 0.129 e. The Balaban J connectivity index is 1.80. The molecule has 1 aliphatic carbocycles. The molecule has 0 atom stereocenters. The average Bonchev–Trinajstić information content (AvgIpc) is 3.14. The average molecular weight is 274 g/mol.